The summed E-state index contributed by atoms with van der Waals surface area (Å²) in [6.07, 6.45) is 1.30. The van der Waals surface area contributed by atoms with Crippen molar-refractivity contribution in [3.63, 3.8) is 0 Å². The smallest absolute Gasteiger partial charge is 0.244 e. The van der Waals surface area contributed by atoms with Crippen molar-refractivity contribution in [1.82, 2.24) is 10.0 Å². The molecule has 0 saturated carbocycles. The van der Waals surface area contributed by atoms with E-state index in [0.717, 1.165) is 0 Å². The molecular weight excluding hydrogens is 316 g/mol. The molecule has 0 bridgehead atoms. The number of carbonyl (C=O) groups excluding carboxylic acids is 1. The van der Waals surface area contributed by atoms with Crippen molar-refractivity contribution < 1.29 is 17.9 Å². The van der Waals surface area contributed by atoms with Crippen molar-refractivity contribution in [1.29, 1.82) is 0 Å². The Morgan fingerprint density at radius 3 is 2.57 bits per heavy atom. The highest BCUT2D eigenvalue weighted by atomic mass is 35.5. The number of benzene rings is 1. The Bertz CT molecular complexity index is 590. The Labute approximate surface area is 129 Å². The number of unbranched alkanes of at least 4 members (excludes halogenated alkanes) is 1. The normalized spacial score (nSPS) is 11.2. The van der Waals surface area contributed by atoms with Crippen LogP contribution in [0.25, 0.3) is 0 Å². The Balaban J connectivity index is 2.58. The van der Waals surface area contributed by atoms with E-state index in [2.05, 4.69) is 10.0 Å². The van der Waals surface area contributed by atoms with E-state index < -0.39 is 10.0 Å². The van der Waals surface area contributed by atoms with Gasteiger partial charge in [-0.1, -0.05) is 11.6 Å². The molecule has 8 heteroatoms. The Morgan fingerprint density at radius 1 is 1.29 bits per heavy atom. The quantitative estimate of drug-likeness (QED) is 0.706. The van der Waals surface area contributed by atoms with E-state index in [0.29, 0.717) is 24.4 Å². The van der Waals surface area contributed by atoms with E-state index in [9.17, 15) is 13.2 Å². The van der Waals surface area contributed by atoms with Gasteiger partial charge in [-0.05, 0) is 31.0 Å². The number of amides is 1. The van der Waals surface area contributed by atoms with Crippen LogP contribution in [0.4, 0.5) is 0 Å². The molecule has 0 aliphatic heterocycles. The van der Waals surface area contributed by atoms with Crippen LogP contribution in [-0.4, -0.2) is 34.5 Å². The van der Waals surface area contributed by atoms with Crippen molar-refractivity contribution in [2.24, 2.45) is 0 Å². The topological polar surface area (TPSA) is 84.5 Å². The predicted molar refractivity (Wildman–Crippen MR) is 81.1 cm³/mol. The first-order chi connectivity index (χ1) is 9.86. The maximum Gasteiger partial charge on any atom is 0.244 e. The van der Waals surface area contributed by atoms with E-state index in [1.165, 1.54) is 26.2 Å². The second-order valence-electron chi connectivity index (χ2n) is 4.38. The number of methoxy groups -OCH3 is 1. The minimum absolute atomic E-state index is 0.0133. The average molecular weight is 335 g/mol. The van der Waals surface area contributed by atoms with Gasteiger partial charge in [-0.2, -0.15) is 0 Å². The second kappa shape index (κ2) is 8.21. The van der Waals surface area contributed by atoms with E-state index in [1.807, 2.05) is 0 Å². The molecule has 118 valence electrons. The lowest BCUT2D eigenvalue weighted by Gasteiger charge is -2.11. The van der Waals surface area contributed by atoms with Crippen molar-refractivity contribution in [2.45, 2.75) is 24.7 Å². The van der Waals surface area contributed by atoms with Gasteiger partial charge in [-0.3, -0.25) is 4.79 Å². The summed E-state index contributed by atoms with van der Waals surface area (Å²) in [5, 5.41) is 2.97. The molecule has 0 fully saturated rings. The van der Waals surface area contributed by atoms with Gasteiger partial charge in [0.05, 0.1) is 7.11 Å². The van der Waals surface area contributed by atoms with Crippen molar-refractivity contribution in [3.8, 4) is 5.75 Å². The third kappa shape index (κ3) is 5.91. The van der Waals surface area contributed by atoms with E-state index >= 15 is 0 Å². The van der Waals surface area contributed by atoms with Crippen LogP contribution in [0.1, 0.15) is 19.8 Å². The molecule has 21 heavy (non-hydrogen) atoms. The fraction of sp³-hybridized carbons (Fsp3) is 0.462. The van der Waals surface area contributed by atoms with Gasteiger partial charge >= 0.3 is 0 Å². The number of halogens is 1. The number of hydrogen-bond donors (Lipinski definition) is 2. The zero-order valence-corrected chi connectivity index (χ0v) is 13.6. The minimum atomic E-state index is -3.68. The van der Waals surface area contributed by atoms with Gasteiger partial charge in [-0.25, -0.2) is 13.1 Å². The zero-order chi connectivity index (χ0) is 15.9. The molecule has 0 unspecified atom stereocenters. The molecule has 0 aliphatic rings. The Kier molecular flexibility index (Phi) is 6.94. The third-order valence-corrected chi connectivity index (χ3v) is 4.40. The zero-order valence-electron chi connectivity index (χ0n) is 12.0. The second-order valence-corrected chi connectivity index (χ2v) is 6.55. The summed E-state index contributed by atoms with van der Waals surface area (Å²) in [4.78, 5) is 10.7. The highest BCUT2D eigenvalue weighted by Crippen LogP contribution is 2.26. The monoisotopic (exact) mass is 334 g/mol. The van der Waals surface area contributed by atoms with Gasteiger partial charge in [-0.15, -0.1) is 0 Å². The molecule has 0 spiro atoms. The van der Waals surface area contributed by atoms with E-state index in [4.69, 9.17) is 16.3 Å². The molecule has 6 nitrogen and oxygen atoms in total. The van der Waals surface area contributed by atoms with Crippen LogP contribution in [0.3, 0.4) is 0 Å². The van der Waals surface area contributed by atoms with Crippen LogP contribution in [0.2, 0.25) is 5.02 Å². The Hall–Kier alpha value is -1.31. The van der Waals surface area contributed by atoms with Crippen LogP contribution in [0.15, 0.2) is 23.1 Å². The van der Waals surface area contributed by atoms with Gasteiger partial charge in [0.25, 0.3) is 0 Å². The van der Waals surface area contributed by atoms with Crippen LogP contribution in [-0.2, 0) is 14.8 Å². The number of hydrogen-bond acceptors (Lipinski definition) is 4. The number of sulfonamides is 1. The predicted octanol–water partition coefficient (Wildman–Crippen LogP) is 1.54. The maximum atomic E-state index is 12.2. The van der Waals surface area contributed by atoms with Crippen molar-refractivity contribution >= 4 is 27.5 Å². The number of ether oxygens (including phenoxy) is 1. The molecular formula is C13H19ClN2O4S. The van der Waals surface area contributed by atoms with Crippen LogP contribution >= 0.6 is 11.6 Å². The molecule has 0 heterocycles. The molecule has 0 aromatic heterocycles. The first-order valence-corrected chi connectivity index (χ1v) is 8.30. The number of nitrogens with one attached hydrogen (secondary N) is 2. The summed E-state index contributed by atoms with van der Waals surface area (Å²) in [5.74, 6) is 0.143. The summed E-state index contributed by atoms with van der Waals surface area (Å²) in [6.45, 7) is 2.24. The van der Waals surface area contributed by atoms with E-state index in [1.54, 1.807) is 6.07 Å². The third-order valence-electron chi connectivity index (χ3n) is 2.68. The van der Waals surface area contributed by atoms with Gasteiger partial charge in [0.1, 0.15) is 10.6 Å². The van der Waals surface area contributed by atoms with Gasteiger partial charge in [0, 0.05) is 25.0 Å². The SMILES string of the molecule is COc1ccc(Cl)cc1S(=O)(=O)NCCCCNC(C)=O. The lowest BCUT2D eigenvalue weighted by molar-refractivity contribution is -0.118. The number of rotatable bonds is 8. The lowest BCUT2D eigenvalue weighted by Crippen LogP contribution is -2.26. The highest BCUT2D eigenvalue weighted by molar-refractivity contribution is 7.89. The van der Waals surface area contributed by atoms with E-state index in [-0.39, 0.29) is 23.1 Å². The largest absolute Gasteiger partial charge is 0.495 e. The Morgan fingerprint density at radius 2 is 1.95 bits per heavy atom. The first kappa shape index (κ1) is 17.7. The molecule has 0 saturated heterocycles. The van der Waals surface area contributed by atoms with Gasteiger partial charge in [0.2, 0.25) is 15.9 Å². The summed E-state index contributed by atoms with van der Waals surface area (Å²) in [7, 11) is -2.28. The molecule has 1 amide bonds. The minimum Gasteiger partial charge on any atom is -0.495 e. The summed E-state index contributed by atoms with van der Waals surface area (Å²) in [6, 6.07) is 4.42. The van der Waals surface area contributed by atoms with Crippen molar-refractivity contribution in [3.05, 3.63) is 23.2 Å². The maximum absolute atomic E-state index is 12.2. The highest BCUT2D eigenvalue weighted by Gasteiger charge is 2.19. The molecule has 1 aromatic rings. The molecule has 1 aromatic carbocycles. The fourth-order valence-corrected chi connectivity index (χ4v) is 3.16. The molecule has 0 aliphatic carbocycles. The van der Waals surface area contributed by atoms with Gasteiger partial charge < -0.3 is 10.1 Å². The van der Waals surface area contributed by atoms with Crippen molar-refractivity contribution in [2.75, 3.05) is 20.2 Å². The summed E-state index contributed by atoms with van der Waals surface area (Å²) in [5.41, 5.74) is 0. The summed E-state index contributed by atoms with van der Waals surface area (Å²) < 4.78 is 31.9. The fourth-order valence-electron chi connectivity index (χ4n) is 1.66. The lowest BCUT2D eigenvalue weighted by atomic mass is 10.3. The average Bonchev–Trinajstić information content (AvgIpc) is 2.42. The van der Waals surface area contributed by atoms with Crippen LogP contribution < -0.4 is 14.8 Å². The van der Waals surface area contributed by atoms with Gasteiger partial charge in [0.15, 0.2) is 0 Å². The summed E-state index contributed by atoms with van der Waals surface area (Å²) >= 11 is 5.82. The standard InChI is InChI=1S/C13H19ClN2O4S/c1-10(17)15-7-3-4-8-16-21(18,19)13-9-11(14)5-6-12(13)20-2/h5-6,9,16H,3-4,7-8H2,1-2H3,(H,15,17). The molecule has 2 N–H and O–H groups in total. The number of carbonyl (C=O) groups is 1. The molecule has 1 rings (SSSR count). The molecule has 0 atom stereocenters. The first-order valence-electron chi connectivity index (χ1n) is 6.44. The molecule has 0 radical (unpaired) electrons. The van der Waals surface area contributed by atoms with Crippen LogP contribution in [0.5, 0.6) is 5.75 Å². The van der Waals surface area contributed by atoms with Crippen LogP contribution in [0, 0.1) is 0 Å².